The van der Waals surface area contributed by atoms with Crippen LogP contribution in [-0.2, 0) is 6.42 Å². The van der Waals surface area contributed by atoms with Crippen LogP contribution in [0.3, 0.4) is 0 Å². The third-order valence-electron chi connectivity index (χ3n) is 5.68. The number of hydrogen-bond donors (Lipinski definition) is 1. The van der Waals surface area contributed by atoms with E-state index in [1.54, 1.807) is 17.3 Å². The van der Waals surface area contributed by atoms with Gasteiger partial charge in [-0.05, 0) is 61.3 Å². The lowest BCUT2D eigenvalue weighted by atomic mass is 9.60. The van der Waals surface area contributed by atoms with Gasteiger partial charge in [0, 0.05) is 12.2 Å². The molecule has 1 saturated carbocycles. The summed E-state index contributed by atoms with van der Waals surface area (Å²) in [5, 5.41) is 3.66. The molecule has 2 aliphatic carbocycles. The largest absolute Gasteiger partial charge is 0.365 e. The number of rotatable bonds is 2. The van der Waals surface area contributed by atoms with E-state index in [1.807, 2.05) is 19.1 Å². The molecule has 3 atom stereocenters. The molecule has 0 spiro atoms. The molecule has 120 valence electrons. The van der Waals surface area contributed by atoms with Crippen LogP contribution < -0.4 is 5.32 Å². The smallest absolute Gasteiger partial charge is 0.180 e. The second kappa shape index (κ2) is 5.26. The minimum Gasteiger partial charge on any atom is -0.365 e. The number of nitrogens with zero attached hydrogens (tertiary/aromatic N) is 3. The highest BCUT2D eigenvalue weighted by atomic mass is 15.1. The van der Waals surface area contributed by atoms with Crippen molar-refractivity contribution in [3.05, 3.63) is 59.4 Å². The first-order valence-corrected chi connectivity index (χ1v) is 8.73. The number of pyridine rings is 1. The molecule has 2 aromatic heterocycles. The van der Waals surface area contributed by atoms with Crippen LogP contribution in [-0.4, -0.2) is 21.0 Å². The fraction of sp³-hybridized carbons (Fsp3) is 0.350. The summed E-state index contributed by atoms with van der Waals surface area (Å²) in [6.07, 6.45) is 5.41. The molecule has 3 aromatic rings. The van der Waals surface area contributed by atoms with Crippen LogP contribution in [0.25, 0.3) is 11.2 Å². The molecule has 4 heteroatoms. The molecule has 24 heavy (non-hydrogen) atoms. The Morgan fingerprint density at radius 1 is 1.08 bits per heavy atom. The van der Waals surface area contributed by atoms with E-state index < -0.39 is 0 Å². The van der Waals surface area contributed by atoms with Gasteiger partial charge in [-0.15, -0.1) is 0 Å². The summed E-state index contributed by atoms with van der Waals surface area (Å²) < 4.78 is 0. The Morgan fingerprint density at radius 3 is 2.96 bits per heavy atom. The van der Waals surface area contributed by atoms with Gasteiger partial charge in [-0.1, -0.05) is 24.3 Å². The van der Waals surface area contributed by atoms with E-state index >= 15 is 0 Å². The van der Waals surface area contributed by atoms with Crippen molar-refractivity contribution in [3.63, 3.8) is 0 Å². The summed E-state index contributed by atoms with van der Waals surface area (Å²) in [6, 6.07) is 13.3. The third kappa shape index (κ3) is 2.09. The fourth-order valence-electron chi connectivity index (χ4n) is 4.37. The second-order valence-electron chi connectivity index (χ2n) is 7.00. The van der Waals surface area contributed by atoms with Gasteiger partial charge in [0.15, 0.2) is 5.65 Å². The summed E-state index contributed by atoms with van der Waals surface area (Å²) in [5.41, 5.74) is 5.64. The molecule has 4 nitrogen and oxygen atoms in total. The number of nitrogens with one attached hydrogen (secondary N) is 1. The number of hydrogen-bond acceptors (Lipinski definition) is 4. The first kappa shape index (κ1) is 13.9. The zero-order valence-electron chi connectivity index (χ0n) is 13.7. The number of benzene rings is 1. The lowest BCUT2D eigenvalue weighted by molar-refractivity contribution is 0.194. The van der Waals surface area contributed by atoms with Gasteiger partial charge in [-0.3, -0.25) is 0 Å². The van der Waals surface area contributed by atoms with Crippen molar-refractivity contribution in [2.45, 2.75) is 38.1 Å². The summed E-state index contributed by atoms with van der Waals surface area (Å²) in [7, 11) is 0. The van der Waals surface area contributed by atoms with Crippen molar-refractivity contribution < 1.29 is 0 Å². The van der Waals surface area contributed by atoms with Crippen molar-refractivity contribution in [1.82, 2.24) is 15.0 Å². The Balaban J connectivity index is 1.40. The number of aromatic nitrogens is 3. The maximum atomic E-state index is 4.69. The number of fused-ring (bicyclic) bond motifs is 4. The van der Waals surface area contributed by atoms with Gasteiger partial charge in [0.2, 0.25) is 0 Å². The first-order valence-electron chi connectivity index (χ1n) is 8.73. The molecule has 2 heterocycles. The molecule has 1 fully saturated rings. The molecular formula is C20H20N4. The number of aryl methyl sites for hydroxylation is 2. The van der Waals surface area contributed by atoms with Crippen LogP contribution in [0.1, 0.15) is 35.6 Å². The van der Waals surface area contributed by atoms with Gasteiger partial charge in [0.1, 0.15) is 11.3 Å². The van der Waals surface area contributed by atoms with E-state index in [4.69, 9.17) is 4.98 Å². The van der Waals surface area contributed by atoms with E-state index in [1.165, 1.54) is 19.3 Å². The monoisotopic (exact) mass is 316 g/mol. The van der Waals surface area contributed by atoms with Crippen molar-refractivity contribution >= 4 is 17.0 Å². The summed E-state index contributed by atoms with van der Waals surface area (Å²) in [6.45, 7) is 2.02. The van der Waals surface area contributed by atoms with E-state index in [0.717, 1.165) is 22.7 Å². The quantitative estimate of drug-likeness (QED) is 0.780. The molecule has 0 bridgehead atoms. The molecule has 0 saturated heterocycles. The molecule has 1 N–H and O–H groups in total. The molecule has 0 radical (unpaired) electrons. The summed E-state index contributed by atoms with van der Waals surface area (Å²) in [5.74, 6) is 2.31. The Kier molecular flexibility index (Phi) is 3.05. The van der Waals surface area contributed by atoms with Crippen LogP contribution in [0, 0.1) is 12.8 Å². The van der Waals surface area contributed by atoms with Gasteiger partial charge in [-0.25, -0.2) is 15.0 Å². The van der Waals surface area contributed by atoms with Gasteiger partial charge < -0.3 is 5.32 Å². The maximum Gasteiger partial charge on any atom is 0.180 e. The standard InChI is InChI=1S/C20H20N4/c1-12-19(24-20-17(22-12)7-4-10-21-20)23-18-11-16-14-6-3-2-5-13(14)8-9-15(16)18/h2-7,10,15-16,18H,8-9,11H2,1H3,(H,21,23,24). The lowest BCUT2D eigenvalue weighted by Gasteiger charge is -2.49. The van der Waals surface area contributed by atoms with Crippen molar-refractivity contribution in [2.75, 3.05) is 5.32 Å². The normalized spacial score (nSPS) is 24.8. The highest BCUT2D eigenvalue weighted by Crippen LogP contribution is 2.50. The Morgan fingerprint density at radius 2 is 2.00 bits per heavy atom. The van der Waals surface area contributed by atoms with E-state index in [0.29, 0.717) is 17.9 Å². The van der Waals surface area contributed by atoms with Gasteiger partial charge in [0.25, 0.3) is 0 Å². The Bertz CT molecular complexity index is 920. The molecule has 1 aromatic carbocycles. The van der Waals surface area contributed by atoms with Crippen LogP contribution in [0.5, 0.6) is 0 Å². The highest BCUT2D eigenvalue weighted by molar-refractivity contribution is 5.72. The van der Waals surface area contributed by atoms with Crippen LogP contribution in [0.15, 0.2) is 42.6 Å². The number of anilines is 1. The average molecular weight is 316 g/mol. The fourth-order valence-corrected chi connectivity index (χ4v) is 4.37. The summed E-state index contributed by atoms with van der Waals surface area (Å²) >= 11 is 0. The zero-order valence-corrected chi connectivity index (χ0v) is 13.7. The molecule has 3 unspecified atom stereocenters. The first-order chi connectivity index (χ1) is 11.8. The predicted molar refractivity (Wildman–Crippen MR) is 95.1 cm³/mol. The van der Waals surface area contributed by atoms with Gasteiger partial charge >= 0.3 is 0 Å². The van der Waals surface area contributed by atoms with E-state index in [9.17, 15) is 0 Å². The topological polar surface area (TPSA) is 50.7 Å². The minimum atomic E-state index is 0.498. The predicted octanol–water partition coefficient (Wildman–Crippen LogP) is 3.86. The minimum absolute atomic E-state index is 0.498. The average Bonchev–Trinajstić information content (AvgIpc) is 2.59. The van der Waals surface area contributed by atoms with E-state index in [-0.39, 0.29) is 0 Å². The third-order valence-corrected chi connectivity index (χ3v) is 5.68. The van der Waals surface area contributed by atoms with Crippen LogP contribution in [0.2, 0.25) is 0 Å². The van der Waals surface area contributed by atoms with Gasteiger partial charge in [-0.2, -0.15) is 0 Å². The van der Waals surface area contributed by atoms with Crippen molar-refractivity contribution in [3.8, 4) is 0 Å². The lowest BCUT2D eigenvalue weighted by Crippen LogP contribution is -2.47. The van der Waals surface area contributed by atoms with Crippen LogP contribution >= 0.6 is 0 Å². The highest BCUT2D eigenvalue weighted by Gasteiger charge is 2.44. The van der Waals surface area contributed by atoms with Crippen LogP contribution in [0.4, 0.5) is 5.82 Å². The molecule has 0 aliphatic heterocycles. The second-order valence-corrected chi connectivity index (χ2v) is 7.00. The van der Waals surface area contributed by atoms with E-state index in [2.05, 4.69) is 39.6 Å². The molecule has 5 rings (SSSR count). The Labute approximate surface area is 141 Å². The molecule has 2 aliphatic rings. The zero-order chi connectivity index (χ0) is 16.1. The Hall–Kier alpha value is -2.49. The van der Waals surface area contributed by atoms with Gasteiger partial charge in [0.05, 0.1) is 5.69 Å². The van der Waals surface area contributed by atoms with Crippen molar-refractivity contribution in [2.24, 2.45) is 5.92 Å². The SMILES string of the molecule is Cc1nc2cccnc2nc1NC1CC2c3ccccc3CCC12. The molecular weight excluding hydrogens is 296 g/mol. The summed E-state index contributed by atoms with van der Waals surface area (Å²) in [4.78, 5) is 13.7. The maximum absolute atomic E-state index is 4.69. The molecule has 0 amide bonds. The van der Waals surface area contributed by atoms with Crippen molar-refractivity contribution in [1.29, 1.82) is 0 Å².